The number of hydrogen-bond acceptors (Lipinski definition) is 4. The van der Waals surface area contributed by atoms with Crippen molar-refractivity contribution in [2.24, 2.45) is 5.73 Å². The number of hydrogen-bond donors (Lipinski definition) is 2. The van der Waals surface area contributed by atoms with Crippen LogP contribution in [0.5, 0.6) is 0 Å². The molecule has 1 atom stereocenters. The lowest BCUT2D eigenvalue weighted by molar-refractivity contribution is 0.268. The normalized spacial score (nSPS) is 13.6. The van der Waals surface area contributed by atoms with Crippen molar-refractivity contribution in [2.45, 2.75) is 25.8 Å². The van der Waals surface area contributed by atoms with Gasteiger partial charge in [-0.3, -0.25) is 0 Å². The molecule has 0 radical (unpaired) electrons. The van der Waals surface area contributed by atoms with E-state index in [9.17, 15) is 0 Å². The van der Waals surface area contributed by atoms with Crippen LogP contribution in [0.1, 0.15) is 37.3 Å². The van der Waals surface area contributed by atoms with Gasteiger partial charge in [0.15, 0.2) is 11.5 Å². The molecule has 0 saturated carbocycles. The number of aromatic nitrogens is 1. The summed E-state index contributed by atoms with van der Waals surface area (Å²) in [5.74, 6) is 0.943. The standard InChI is InChI=1S/C12H16N2O2/c1-7(2)12-14-10-5-3-4-8(9(13)6-15)11(10)16-12/h3-5,7,9,15H,6,13H2,1-2H3. The molecule has 1 heterocycles. The van der Waals surface area contributed by atoms with Crippen LogP contribution in [0.3, 0.4) is 0 Å². The van der Waals surface area contributed by atoms with Crippen LogP contribution >= 0.6 is 0 Å². The minimum absolute atomic E-state index is 0.100. The summed E-state index contributed by atoms with van der Waals surface area (Å²) in [6.07, 6.45) is 0. The lowest BCUT2D eigenvalue weighted by atomic mass is 10.1. The lowest BCUT2D eigenvalue weighted by Gasteiger charge is -2.07. The molecule has 4 nitrogen and oxygen atoms in total. The summed E-state index contributed by atoms with van der Waals surface area (Å²) in [6.45, 7) is 3.95. The summed E-state index contributed by atoms with van der Waals surface area (Å²) >= 11 is 0. The van der Waals surface area contributed by atoms with Crippen molar-refractivity contribution in [2.75, 3.05) is 6.61 Å². The van der Waals surface area contributed by atoms with E-state index in [2.05, 4.69) is 4.98 Å². The average molecular weight is 220 g/mol. The number of aliphatic hydroxyl groups is 1. The Balaban J connectivity index is 2.58. The van der Waals surface area contributed by atoms with Crippen LogP contribution in [0.2, 0.25) is 0 Å². The van der Waals surface area contributed by atoms with Crippen LogP contribution in [-0.2, 0) is 0 Å². The smallest absolute Gasteiger partial charge is 0.198 e. The molecule has 2 aromatic rings. The molecule has 1 aromatic heterocycles. The summed E-state index contributed by atoms with van der Waals surface area (Å²) in [4.78, 5) is 4.39. The number of oxazole rings is 1. The fourth-order valence-electron chi connectivity index (χ4n) is 1.62. The predicted molar refractivity (Wildman–Crippen MR) is 62.1 cm³/mol. The summed E-state index contributed by atoms with van der Waals surface area (Å²) in [5.41, 5.74) is 8.10. The first-order valence-electron chi connectivity index (χ1n) is 5.39. The Morgan fingerprint density at radius 1 is 1.44 bits per heavy atom. The SMILES string of the molecule is CC(C)c1nc2cccc(C(N)CO)c2o1. The molecule has 0 aliphatic carbocycles. The van der Waals surface area contributed by atoms with E-state index in [1.54, 1.807) is 0 Å². The Labute approximate surface area is 94.1 Å². The third-order valence-corrected chi connectivity index (χ3v) is 2.55. The van der Waals surface area contributed by atoms with E-state index in [0.29, 0.717) is 11.5 Å². The van der Waals surface area contributed by atoms with Crippen molar-refractivity contribution in [3.63, 3.8) is 0 Å². The maximum atomic E-state index is 9.08. The molecule has 1 unspecified atom stereocenters. The highest BCUT2D eigenvalue weighted by Crippen LogP contribution is 2.26. The van der Waals surface area contributed by atoms with Crippen LogP contribution in [0.4, 0.5) is 0 Å². The molecule has 4 heteroatoms. The molecule has 0 aliphatic heterocycles. The summed E-state index contributed by atoms with van der Waals surface area (Å²) in [5, 5.41) is 9.08. The number of nitrogens with zero attached hydrogens (tertiary/aromatic N) is 1. The van der Waals surface area contributed by atoms with E-state index in [1.807, 2.05) is 32.0 Å². The van der Waals surface area contributed by atoms with Crippen molar-refractivity contribution in [3.05, 3.63) is 29.7 Å². The molecule has 86 valence electrons. The van der Waals surface area contributed by atoms with E-state index in [1.165, 1.54) is 0 Å². The van der Waals surface area contributed by atoms with Gasteiger partial charge in [0.05, 0.1) is 12.6 Å². The summed E-state index contributed by atoms with van der Waals surface area (Å²) in [7, 11) is 0. The van der Waals surface area contributed by atoms with Gasteiger partial charge in [0.2, 0.25) is 0 Å². The number of para-hydroxylation sites is 1. The minimum atomic E-state index is -0.420. The first-order valence-corrected chi connectivity index (χ1v) is 5.39. The largest absolute Gasteiger partial charge is 0.440 e. The van der Waals surface area contributed by atoms with Gasteiger partial charge in [-0.25, -0.2) is 4.98 Å². The maximum Gasteiger partial charge on any atom is 0.198 e. The van der Waals surface area contributed by atoms with Gasteiger partial charge >= 0.3 is 0 Å². The Bertz CT molecular complexity index is 491. The third kappa shape index (κ3) is 1.81. The Morgan fingerprint density at radius 2 is 2.19 bits per heavy atom. The van der Waals surface area contributed by atoms with Gasteiger partial charge < -0.3 is 15.3 Å². The van der Waals surface area contributed by atoms with Crippen molar-refractivity contribution >= 4 is 11.1 Å². The molecule has 16 heavy (non-hydrogen) atoms. The van der Waals surface area contributed by atoms with Gasteiger partial charge in [0.1, 0.15) is 5.52 Å². The summed E-state index contributed by atoms with van der Waals surface area (Å²) < 4.78 is 5.68. The Hall–Kier alpha value is -1.39. The zero-order chi connectivity index (χ0) is 11.7. The molecule has 0 fully saturated rings. The van der Waals surface area contributed by atoms with Gasteiger partial charge in [0.25, 0.3) is 0 Å². The number of benzene rings is 1. The number of nitrogens with two attached hydrogens (primary N) is 1. The minimum Gasteiger partial charge on any atom is -0.440 e. The molecular weight excluding hydrogens is 204 g/mol. The Kier molecular flexibility index (Phi) is 2.94. The zero-order valence-corrected chi connectivity index (χ0v) is 9.47. The molecule has 1 aromatic carbocycles. The molecular formula is C12H16N2O2. The monoisotopic (exact) mass is 220 g/mol. The lowest BCUT2D eigenvalue weighted by Crippen LogP contribution is -2.14. The average Bonchev–Trinajstić information content (AvgIpc) is 2.71. The first kappa shape index (κ1) is 11.1. The van der Waals surface area contributed by atoms with E-state index in [0.717, 1.165) is 11.1 Å². The van der Waals surface area contributed by atoms with Crippen molar-refractivity contribution in [1.82, 2.24) is 4.98 Å². The van der Waals surface area contributed by atoms with Crippen LogP contribution in [0, 0.1) is 0 Å². The molecule has 3 N–H and O–H groups in total. The molecule has 2 rings (SSSR count). The molecule has 0 saturated heterocycles. The van der Waals surface area contributed by atoms with Crippen molar-refractivity contribution in [3.8, 4) is 0 Å². The van der Waals surface area contributed by atoms with E-state index < -0.39 is 6.04 Å². The molecule has 0 amide bonds. The number of fused-ring (bicyclic) bond motifs is 1. The highest BCUT2D eigenvalue weighted by atomic mass is 16.3. The molecule has 0 bridgehead atoms. The predicted octanol–water partition coefficient (Wildman–Crippen LogP) is 1.94. The maximum absolute atomic E-state index is 9.08. The number of rotatable bonds is 3. The van der Waals surface area contributed by atoms with Crippen LogP contribution in [0.25, 0.3) is 11.1 Å². The number of aliphatic hydroxyl groups excluding tert-OH is 1. The highest BCUT2D eigenvalue weighted by molar-refractivity contribution is 5.77. The van der Waals surface area contributed by atoms with E-state index >= 15 is 0 Å². The van der Waals surface area contributed by atoms with Crippen LogP contribution in [0.15, 0.2) is 22.6 Å². The van der Waals surface area contributed by atoms with Gasteiger partial charge in [-0.2, -0.15) is 0 Å². The van der Waals surface area contributed by atoms with Gasteiger partial charge in [-0.1, -0.05) is 26.0 Å². The van der Waals surface area contributed by atoms with Crippen molar-refractivity contribution < 1.29 is 9.52 Å². The van der Waals surface area contributed by atoms with E-state index in [-0.39, 0.29) is 12.5 Å². The zero-order valence-electron chi connectivity index (χ0n) is 9.47. The molecule has 0 spiro atoms. The third-order valence-electron chi connectivity index (χ3n) is 2.55. The fraction of sp³-hybridized carbons (Fsp3) is 0.417. The topological polar surface area (TPSA) is 72.3 Å². The highest BCUT2D eigenvalue weighted by Gasteiger charge is 2.15. The Morgan fingerprint density at radius 3 is 2.81 bits per heavy atom. The second-order valence-corrected chi connectivity index (χ2v) is 4.19. The first-order chi connectivity index (χ1) is 7.63. The second kappa shape index (κ2) is 4.23. The fourth-order valence-corrected chi connectivity index (χ4v) is 1.62. The summed E-state index contributed by atoms with van der Waals surface area (Å²) in [6, 6.07) is 5.20. The molecule has 0 aliphatic rings. The van der Waals surface area contributed by atoms with Gasteiger partial charge in [-0.05, 0) is 6.07 Å². The van der Waals surface area contributed by atoms with Crippen LogP contribution in [-0.4, -0.2) is 16.7 Å². The van der Waals surface area contributed by atoms with Crippen molar-refractivity contribution in [1.29, 1.82) is 0 Å². The van der Waals surface area contributed by atoms with Gasteiger partial charge in [0, 0.05) is 11.5 Å². The quantitative estimate of drug-likeness (QED) is 0.829. The second-order valence-electron chi connectivity index (χ2n) is 4.19. The van der Waals surface area contributed by atoms with Gasteiger partial charge in [-0.15, -0.1) is 0 Å². The van der Waals surface area contributed by atoms with E-state index in [4.69, 9.17) is 15.3 Å². The van der Waals surface area contributed by atoms with Crippen LogP contribution < -0.4 is 5.73 Å².